The SMILES string of the molecule is O=C(/C=C/c1ccc(CN2CCC[C@H]2CN2CCc3ccccc32)cc1)NO. The van der Waals surface area contributed by atoms with E-state index in [9.17, 15) is 4.79 Å². The van der Waals surface area contributed by atoms with Gasteiger partial charge in [-0.25, -0.2) is 5.48 Å². The van der Waals surface area contributed by atoms with Crippen molar-refractivity contribution in [1.82, 2.24) is 10.4 Å². The average Bonchev–Trinajstić information content (AvgIpc) is 3.35. The molecule has 2 aliphatic heterocycles. The Bertz CT molecular complexity index is 847. The van der Waals surface area contributed by atoms with Crippen LogP contribution in [-0.4, -0.2) is 41.7 Å². The van der Waals surface area contributed by atoms with E-state index < -0.39 is 5.91 Å². The summed E-state index contributed by atoms with van der Waals surface area (Å²) in [6.45, 7) is 4.35. The summed E-state index contributed by atoms with van der Waals surface area (Å²) < 4.78 is 0. The first-order valence-corrected chi connectivity index (χ1v) is 10.0. The second-order valence-corrected chi connectivity index (χ2v) is 7.64. The number of rotatable bonds is 6. The van der Waals surface area contributed by atoms with Gasteiger partial charge < -0.3 is 4.90 Å². The van der Waals surface area contributed by atoms with Gasteiger partial charge in [0.1, 0.15) is 0 Å². The molecule has 1 amide bonds. The number of fused-ring (bicyclic) bond motifs is 1. The lowest BCUT2D eigenvalue weighted by molar-refractivity contribution is -0.124. The summed E-state index contributed by atoms with van der Waals surface area (Å²) in [4.78, 5) is 16.2. The van der Waals surface area contributed by atoms with Gasteiger partial charge >= 0.3 is 0 Å². The normalized spacial score (nSPS) is 19.3. The molecule has 146 valence electrons. The number of benzene rings is 2. The van der Waals surface area contributed by atoms with E-state index in [0.29, 0.717) is 6.04 Å². The van der Waals surface area contributed by atoms with E-state index in [-0.39, 0.29) is 0 Å². The van der Waals surface area contributed by atoms with Gasteiger partial charge in [0.15, 0.2) is 0 Å². The highest BCUT2D eigenvalue weighted by atomic mass is 16.5. The van der Waals surface area contributed by atoms with Crippen LogP contribution in [0.2, 0.25) is 0 Å². The number of likely N-dealkylation sites (tertiary alicyclic amines) is 1. The molecule has 1 fully saturated rings. The molecule has 4 rings (SSSR count). The van der Waals surface area contributed by atoms with Crippen LogP contribution in [0.4, 0.5) is 5.69 Å². The van der Waals surface area contributed by atoms with Crippen molar-refractivity contribution in [3.63, 3.8) is 0 Å². The van der Waals surface area contributed by atoms with E-state index in [1.165, 1.54) is 35.7 Å². The summed E-state index contributed by atoms with van der Waals surface area (Å²) in [6, 6.07) is 17.7. The number of hydroxylamine groups is 1. The first kappa shape index (κ1) is 18.7. The zero-order valence-corrected chi connectivity index (χ0v) is 16.1. The quantitative estimate of drug-likeness (QED) is 0.461. The molecule has 0 bridgehead atoms. The molecule has 2 N–H and O–H groups in total. The molecular formula is C23H27N3O2. The van der Waals surface area contributed by atoms with Gasteiger partial charge in [0, 0.05) is 37.4 Å². The fraction of sp³-hybridized carbons (Fsp3) is 0.348. The summed E-state index contributed by atoms with van der Waals surface area (Å²) in [5.74, 6) is -0.521. The maximum absolute atomic E-state index is 11.1. The minimum atomic E-state index is -0.521. The van der Waals surface area contributed by atoms with Crippen LogP contribution >= 0.6 is 0 Å². The molecule has 5 heteroatoms. The summed E-state index contributed by atoms with van der Waals surface area (Å²) in [6.07, 6.45) is 6.69. The molecular weight excluding hydrogens is 350 g/mol. The number of carbonyl (C=O) groups is 1. The van der Waals surface area contributed by atoms with E-state index in [2.05, 4.69) is 46.2 Å². The van der Waals surface area contributed by atoms with E-state index in [1.807, 2.05) is 12.1 Å². The van der Waals surface area contributed by atoms with E-state index in [1.54, 1.807) is 11.6 Å². The third kappa shape index (κ3) is 4.26. The molecule has 0 aliphatic carbocycles. The summed E-state index contributed by atoms with van der Waals surface area (Å²) in [5, 5.41) is 8.54. The number of carbonyl (C=O) groups excluding carboxylic acids is 1. The van der Waals surface area contributed by atoms with Crippen molar-refractivity contribution >= 4 is 17.7 Å². The van der Waals surface area contributed by atoms with E-state index >= 15 is 0 Å². The molecule has 28 heavy (non-hydrogen) atoms. The van der Waals surface area contributed by atoms with Crippen molar-refractivity contribution in [2.45, 2.75) is 31.8 Å². The number of nitrogens with zero attached hydrogens (tertiary/aromatic N) is 2. The molecule has 0 saturated carbocycles. The smallest absolute Gasteiger partial charge is 0.267 e. The summed E-state index contributed by atoms with van der Waals surface area (Å²) in [5.41, 5.74) is 6.72. The third-order valence-corrected chi connectivity index (χ3v) is 5.82. The van der Waals surface area contributed by atoms with Crippen LogP contribution in [0.3, 0.4) is 0 Å². The largest absolute Gasteiger partial charge is 0.369 e. The lowest BCUT2D eigenvalue weighted by Gasteiger charge is -2.30. The van der Waals surface area contributed by atoms with Gasteiger partial charge in [-0.3, -0.25) is 14.9 Å². The standard InChI is InChI=1S/C23H27N3O2/c27-23(24-28)12-11-18-7-9-19(10-8-18)16-25-14-3-5-21(25)17-26-15-13-20-4-1-2-6-22(20)26/h1-2,4,6-12,21,28H,3,5,13-17H2,(H,24,27)/b12-11+/t21-/m0/s1. The summed E-state index contributed by atoms with van der Waals surface area (Å²) in [7, 11) is 0. The molecule has 1 saturated heterocycles. The molecule has 2 heterocycles. The molecule has 1 atom stereocenters. The Labute approximate surface area is 166 Å². The van der Waals surface area contributed by atoms with Gasteiger partial charge in [-0.1, -0.05) is 42.5 Å². The van der Waals surface area contributed by atoms with Crippen molar-refractivity contribution in [2.24, 2.45) is 0 Å². The number of anilines is 1. The van der Waals surface area contributed by atoms with Crippen molar-refractivity contribution in [3.8, 4) is 0 Å². The average molecular weight is 377 g/mol. The third-order valence-electron chi connectivity index (χ3n) is 5.82. The maximum atomic E-state index is 11.1. The fourth-order valence-corrected chi connectivity index (χ4v) is 4.34. The molecule has 0 unspecified atom stereocenters. The van der Waals surface area contributed by atoms with Crippen molar-refractivity contribution in [1.29, 1.82) is 0 Å². The summed E-state index contributed by atoms with van der Waals surface area (Å²) >= 11 is 0. The number of hydrogen-bond acceptors (Lipinski definition) is 4. The Hall–Kier alpha value is -2.63. The van der Waals surface area contributed by atoms with Crippen LogP contribution in [0.15, 0.2) is 54.6 Å². The van der Waals surface area contributed by atoms with Crippen LogP contribution in [0.25, 0.3) is 6.08 Å². The van der Waals surface area contributed by atoms with Gasteiger partial charge in [0.2, 0.25) is 0 Å². The Balaban J connectivity index is 1.37. The van der Waals surface area contributed by atoms with Crippen molar-refractivity contribution in [2.75, 3.05) is 24.5 Å². The lowest BCUT2D eigenvalue weighted by atomic mass is 10.1. The predicted molar refractivity (Wildman–Crippen MR) is 111 cm³/mol. The fourth-order valence-electron chi connectivity index (χ4n) is 4.34. The molecule has 0 aromatic heterocycles. The number of para-hydroxylation sites is 1. The Kier molecular flexibility index (Phi) is 5.74. The Morgan fingerprint density at radius 2 is 1.96 bits per heavy atom. The molecule has 2 aromatic rings. The maximum Gasteiger partial charge on any atom is 0.267 e. The second-order valence-electron chi connectivity index (χ2n) is 7.64. The molecule has 5 nitrogen and oxygen atoms in total. The highest BCUT2D eigenvalue weighted by Crippen LogP contribution is 2.30. The lowest BCUT2D eigenvalue weighted by Crippen LogP contribution is -2.39. The predicted octanol–water partition coefficient (Wildman–Crippen LogP) is 3.23. The van der Waals surface area contributed by atoms with Gasteiger partial charge in [0.25, 0.3) is 5.91 Å². The minimum Gasteiger partial charge on any atom is -0.369 e. The molecule has 0 radical (unpaired) electrons. The van der Waals surface area contributed by atoms with Crippen molar-refractivity contribution < 1.29 is 10.0 Å². The van der Waals surface area contributed by atoms with Gasteiger partial charge in [-0.15, -0.1) is 0 Å². The zero-order valence-electron chi connectivity index (χ0n) is 16.1. The van der Waals surface area contributed by atoms with Gasteiger partial charge in [-0.05, 0) is 54.6 Å². The van der Waals surface area contributed by atoms with Crippen LogP contribution in [-0.2, 0) is 17.8 Å². The van der Waals surface area contributed by atoms with E-state index in [4.69, 9.17) is 5.21 Å². The Morgan fingerprint density at radius 1 is 1.14 bits per heavy atom. The van der Waals surface area contributed by atoms with Crippen LogP contribution in [0.1, 0.15) is 29.5 Å². The van der Waals surface area contributed by atoms with Gasteiger partial charge in [0.05, 0.1) is 0 Å². The van der Waals surface area contributed by atoms with Crippen LogP contribution in [0.5, 0.6) is 0 Å². The molecule has 2 aromatic carbocycles. The zero-order chi connectivity index (χ0) is 19.3. The number of hydrogen-bond donors (Lipinski definition) is 2. The van der Waals surface area contributed by atoms with Crippen LogP contribution < -0.4 is 10.4 Å². The molecule has 0 spiro atoms. The first-order valence-electron chi connectivity index (χ1n) is 10.0. The van der Waals surface area contributed by atoms with E-state index in [0.717, 1.165) is 38.2 Å². The number of nitrogens with one attached hydrogen (secondary N) is 1. The first-order chi connectivity index (χ1) is 13.7. The van der Waals surface area contributed by atoms with Crippen molar-refractivity contribution in [3.05, 3.63) is 71.3 Å². The highest BCUT2D eigenvalue weighted by molar-refractivity contribution is 5.90. The van der Waals surface area contributed by atoms with Gasteiger partial charge in [-0.2, -0.15) is 0 Å². The minimum absolute atomic E-state index is 0.521. The number of amides is 1. The second kappa shape index (κ2) is 8.59. The monoisotopic (exact) mass is 377 g/mol. The highest BCUT2D eigenvalue weighted by Gasteiger charge is 2.28. The van der Waals surface area contributed by atoms with Crippen LogP contribution in [0, 0.1) is 0 Å². The topological polar surface area (TPSA) is 55.8 Å². The molecule has 2 aliphatic rings. The Morgan fingerprint density at radius 3 is 2.79 bits per heavy atom.